The van der Waals surface area contributed by atoms with Crippen LogP contribution in [0.4, 0.5) is 0 Å². The molecular weight excluding hydrogens is 382 g/mol. The van der Waals surface area contributed by atoms with Crippen molar-refractivity contribution in [2.75, 3.05) is 39.4 Å². The molecule has 0 unspecified atom stereocenters. The highest BCUT2D eigenvalue weighted by Gasteiger charge is 2.34. The van der Waals surface area contributed by atoms with Crippen molar-refractivity contribution in [2.24, 2.45) is 0 Å². The zero-order valence-corrected chi connectivity index (χ0v) is 16.9. The monoisotopic (exact) mass is 409 g/mol. The molecule has 1 aromatic rings. The third-order valence-corrected chi connectivity index (χ3v) is 7.38. The summed E-state index contributed by atoms with van der Waals surface area (Å²) in [6, 6.07) is 4.86. The first kappa shape index (κ1) is 19.5. The number of sulfonamides is 1. The van der Waals surface area contributed by atoms with E-state index in [0.29, 0.717) is 56.9 Å². The number of nitrogens with one attached hydrogen (secondary N) is 1. The number of amides is 1. The Morgan fingerprint density at radius 1 is 1.11 bits per heavy atom. The summed E-state index contributed by atoms with van der Waals surface area (Å²) < 4.78 is 38.8. The molecule has 154 valence electrons. The molecule has 4 rings (SSSR count). The summed E-state index contributed by atoms with van der Waals surface area (Å²) in [5, 5.41) is 3.01. The minimum absolute atomic E-state index is 0.0294. The minimum atomic E-state index is -3.62. The Labute approximate surface area is 165 Å². The Morgan fingerprint density at radius 2 is 1.79 bits per heavy atom. The van der Waals surface area contributed by atoms with Crippen LogP contribution >= 0.6 is 0 Å². The van der Waals surface area contributed by atoms with Crippen LogP contribution in [0.2, 0.25) is 0 Å². The number of carbonyl (C=O) groups is 1. The van der Waals surface area contributed by atoms with Gasteiger partial charge in [0.05, 0.1) is 24.2 Å². The normalized spacial score (nSPS) is 22.3. The summed E-state index contributed by atoms with van der Waals surface area (Å²) in [7, 11) is -3.62. The fourth-order valence-corrected chi connectivity index (χ4v) is 4.94. The van der Waals surface area contributed by atoms with E-state index in [1.54, 1.807) is 18.2 Å². The maximum atomic E-state index is 13.1. The molecule has 1 saturated carbocycles. The van der Waals surface area contributed by atoms with Crippen LogP contribution in [0.1, 0.15) is 26.2 Å². The maximum Gasteiger partial charge on any atom is 0.243 e. The molecule has 0 aromatic heterocycles. The average molecular weight is 410 g/mol. The Kier molecular flexibility index (Phi) is 5.48. The number of ether oxygens (including phenoxy) is 2. The molecule has 1 aliphatic carbocycles. The Balaban J connectivity index is 1.40. The van der Waals surface area contributed by atoms with Crippen molar-refractivity contribution in [2.45, 2.75) is 43.2 Å². The number of rotatable bonds is 5. The lowest BCUT2D eigenvalue weighted by Crippen LogP contribution is -2.55. The number of benzene rings is 1. The van der Waals surface area contributed by atoms with Crippen LogP contribution in [-0.2, 0) is 14.8 Å². The van der Waals surface area contributed by atoms with E-state index in [1.165, 1.54) is 4.31 Å². The predicted molar refractivity (Wildman–Crippen MR) is 103 cm³/mol. The second-order valence-corrected chi connectivity index (χ2v) is 9.50. The summed E-state index contributed by atoms with van der Waals surface area (Å²) >= 11 is 0. The fourth-order valence-electron chi connectivity index (χ4n) is 3.50. The molecule has 1 N–H and O–H groups in total. The number of nitrogens with zero attached hydrogens (tertiary/aromatic N) is 2. The smallest absolute Gasteiger partial charge is 0.243 e. The van der Waals surface area contributed by atoms with Gasteiger partial charge >= 0.3 is 0 Å². The number of hydrogen-bond acceptors (Lipinski definition) is 6. The molecule has 1 aromatic carbocycles. The zero-order chi connectivity index (χ0) is 19.7. The third-order valence-electron chi connectivity index (χ3n) is 5.48. The van der Waals surface area contributed by atoms with Crippen LogP contribution in [0, 0.1) is 0 Å². The molecule has 9 heteroatoms. The fraction of sp³-hybridized carbons (Fsp3) is 0.632. The first-order chi connectivity index (χ1) is 13.4. The molecule has 28 heavy (non-hydrogen) atoms. The van der Waals surface area contributed by atoms with Gasteiger partial charge in [-0.1, -0.05) is 0 Å². The van der Waals surface area contributed by atoms with Gasteiger partial charge in [-0.15, -0.1) is 0 Å². The van der Waals surface area contributed by atoms with E-state index in [2.05, 4.69) is 5.32 Å². The van der Waals surface area contributed by atoms with Crippen molar-refractivity contribution >= 4 is 15.9 Å². The third kappa shape index (κ3) is 4.11. The second-order valence-electron chi connectivity index (χ2n) is 7.56. The lowest BCUT2D eigenvalue weighted by Gasteiger charge is -2.36. The zero-order valence-electron chi connectivity index (χ0n) is 16.1. The predicted octanol–water partition coefficient (Wildman–Crippen LogP) is 0.821. The molecule has 3 aliphatic rings. The van der Waals surface area contributed by atoms with Crippen molar-refractivity contribution < 1.29 is 22.7 Å². The van der Waals surface area contributed by atoms with Crippen molar-refractivity contribution in [3.63, 3.8) is 0 Å². The number of piperazine rings is 1. The van der Waals surface area contributed by atoms with Gasteiger partial charge in [0, 0.05) is 44.7 Å². The number of carbonyl (C=O) groups excluding carboxylic acids is 1. The summed E-state index contributed by atoms with van der Waals surface area (Å²) in [5.41, 5.74) is 0. The van der Waals surface area contributed by atoms with Crippen LogP contribution in [0.3, 0.4) is 0 Å². The highest BCUT2D eigenvalue weighted by molar-refractivity contribution is 7.89. The summed E-state index contributed by atoms with van der Waals surface area (Å²) in [5.74, 6) is 1.08. The second kappa shape index (κ2) is 7.88. The van der Waals surface area contributed by atoms with Gasteiger partial charge in [0.1, 0.15) is 0 Å². The first-order valence-electron chi connectivity index (χ1n) is 9.89. The van der Waals surface area contributed by atoms with Gasteiger partial charge in [0.2, 0.25) is 15.9 Å². The Bertz CT molecular complexity index is 832. The molecule has 1 atom stereocenters. The van der Waals surface area contributed by atoms with Gasteiger partial charge in [0.25, 0.3) is 0 Å². The molecule has 8 nitrogen and oxygen atoms in total. The lowest BCUT2D eigenvalue weighted by molar-refractivity contribution is -0.126. The number of fused-ring (bicyclic) bond motifs is 1. The van der Waals surface area contributed by atoms with E-state index in [9.17, 15) is 13.2 Å². The highest BCUT2D eigenvalue weighted by atomic mass is 32.2. The van der Waals surface area contributed by atoms with E-state index in [0.717, 1.165) is 19.3 Å². The van der Waals surface area contributed by atoms with Crippen LogP contribution in [0.5, 0.6) is 11.5 Å². The van der Waals surface area contributed by atoms with E-state index in [1.807, 2.05) is 11.8 Å². The van der Waals surface area contributed by atoms with Crippen LogP contribution in [0.15, 0.2) is 23.1 Å². The summed E-state index contributed by atoms with van der Waals surface area (Å²) in [4.78, 5) is 14.5. The quantitative estimate of drug-likeness (QED) is 0.775. The SMILES string of the molecule is C[C@H](C(=O)NC1CC1)N1CCN(S(=O)(=O)c2ccc3c(c2)OCCCO3)CC1. The first-order valence-corrected chi connectivity index (χ1v) is 11.3. The Hall–Kier alpha value is -1.84. The minimum Gasteiger partial charge on any atom is -0.490 e. The van der Waals surface area contributed by atoms with E-state index in [4.69, 9.17) is 9.47 Å². The lowest BCUT2D eigenvalue weighted by atomic mass is 10.2. The van der Waals surface area contributed by atoms with E-state index >= 15 is 0 Å². The van der Waals surface area contributed by atoms with Crippen LogP contribution < -0.4 is 14.8 Å². The molecule has 0 radical (unpaired) electrons. The molecule has 2 heterocycles. The van der Waals surface area contributed by atoms with Gasteiger partial charge < -0.3 is 14.8 Å². The molecular formula is C19H27N3O5S. The highest BCUT2D eigenvalue weighted by Crippen LogP contribution is 2.33. The topological polar surface area (TPSA) is 88.2 Å². The molecule has 1 saturated heterocycles. The summed E-state index contributed by atoms with van der Waals surface area (Å²) in [6.07, 6.45) is 2.88. The summed E-state index contributed by atoms with van der Waals surface area (Å²) in [6.45, 7) is 4.73. The van der Waals surface area contributed by atoms with E-state index < -0.39 is 10.0 Å². The molecule has 2 aliphatic heterocycles. The standard InChI is InChI=1S/C19H27N3O5S/c1-14(19(23)20-15-3-4-15)21-7-9-22(10-8-21)28(24,25)16-5-6-17-18(13-16)27-12-2-11-26-17/h5-6,13-15H,2-4,7-12H2,1H3,(H,20,23)/t14-/m1/s1. The van der Waals surface area contributed by atoms with Gasteiger partial charge in [-0.05, 0) is 31.9 Å². The van der Waals surface area contributed by atoms with E-state index in [-0.39, 0.29) is 16.8 Å². The molecule has 0 bridgehead atoms. The van der Waals surface area contributed by atoms with Crippen molar-refractivity contribution in [3.8, 4) is 11.5 Å². The van der Waals surface area contributed by atoms with Gasteiger partial charge in [-0.3, -0.25) is 9.69 Å². The maximum absolute atomic E-state index is 13.1. The van der Waals surface area contributed by atoms with Crippen LogP contribution in [-0.4, -0.2) is 75.0 Å². The van der Waals surface area contributed by atoms with Gasteiger partial charge in [0.15, 0.2) is 11.5 Å². The van der Waals surface area contributed by atoms with Gasteiger partial charge in [-0.2, -0.15) is 4.31 Å². The van der Waals surface area contributed by atoms with Crippen molar-refractivity contribution in [1.82, 2.24) is 14.5 Å². The largest absolute Gasteiger partial charge is 0.490 e. The number of hydrogen-bond donors (Lipinski definition) is 1. The van der Waals surface area contributed by atoms with Crippen molar-refractivity contribution in [1.29, 1.82) is 0 Å². The molecule has 1 amide bonds. The van der Waals surface area contributed by atoms with Gasteiger partial charge in [-0.25, -0.2) is 8.42 Å². The molecule has 2 fully saturated rings. The molecule has 0 spiro atoms. The Morgan fingerprint density at radius 3 is 2.46 bits per heavy atom. The van der Waals surface area contributed by atoms with Crippen LogP contribution in [0.25, 0.3) is 0 Å². The average Bonchev–Trinajstić information content (AvgIpc) is 3.53. The van der Waals surface area contributed by atoms with Crippen molar-refractivity contribution in [3.05, 3.63) is 18.2 Å².